The molecule has 0 amide bonds. The van der Waals surface area contributed by atoms with Crippen molar-refractivity contribution in [3.63, 3.8) is 0 Å². The Bertz CT molecular complexity index is 857. The van der Waals surface area contributed by atoms with Gasteiger partial charge < -0.3 is 15.4 Å². The van der Waals surface area contributed by atoms with Crippen LogP contribution in [0.15, 0.2) is 71.9 Å². The lowest BCUT2D eigenvalue weighted by Gasteiger charge is -2.11. The maximum absolute atomic E-state index is 5.25. The lowest BCUT2D eigenvalue weighted by Crippen LogP contribution is -2.36. The highest BCUT2D eigenvalue weighted by Crippen LogP contribution is 2.12. The molecule has 0 atom stereocenters. The van der Waals surface area contributed by atoms with Crippen molar-refractivity contribution in [1.82, 2.24) is 20.4 Å². The number of rotatable bonds is 6. The van der Waals surface area contributed by atoms with Crippen LogP contribution < -0.4 is 15.4 Å². The van der Waals surface area contributed by atoms with Crippen molar-refractivity contribution < 1.29 is 4.74 Å². The molecule has 26 heavy (non-hydrogen) atoms. The van der Waals surface area contributed by atoms with Gasteiger partial charge in [-0.05, 0) is 35.9 Å². The Morgan fingerprint density at radius 2 is 1.85 bits per heavy atom. The predicted molar refractivity (Wildman–Crippen MR) is 104 cm³/mol. The number of aliphatic imine (C=N–C) groups is 1. The number of para-hydroxylation sites is 1. The molecule has 6 nitrogen and oxygen atoms in total. The van der Waals surface area contributed by atoms with Gasteiger partial charge in [-0.15, -0.1) is 0 Å². The first kappa shape index (κ1) is 17.5. The van der Waals surface area contributed by atoms with Crippen molar-refractivity contribution in [2.75, 3.05) is 14.2 Å². The molecule has 3 rings (SSSR count). The molecule has 0 aliphatic carbocycles. The van der Waals surface area contributed by atoms with Gasteiger partial charge in [0.15, 0.2) is 5.96 Å². The van der Waals surface area contributed by atoms with Crippen LogP contribution in [0.25, 0.3) is 5.69 Å². The zero-order valence-electron chi connectivity index (χ0n) is 15.0. The molecule has 0 saturated carbocycles. The third kappa shape index (κ3) is 4.63. The number of hydrogen-bond acceptors (Lipinski definition) is 3. The summed E-state index contributed by atoms with van der Waals surface area (Å²) < 4.78 is 7.11. The first-order chi connectivity index (χ1) is 12.8. The molecule has 2 N–H and O–H groups in total. The minimum absolute atomic E-state index is 0.595. The van der Waals surface area contributed by atoms with E-state index in [9.17, 15) is 0 Å². The fraction of sp³-hybridized carbons (Fsp3) is 0.200. The highest BCUT2D eigenvalue weighted by molar-refractivity contribution is 5.79. The van der Waals surface area contributed by atoms with E-state index >= 15 is 0 Å². The van der Waals surface area contributed by atoms with Gasteiger partial charge in [-0.1, -0.05) is 30.3 Å². The molecule has 0 radical (unpaired) electrons. The standard InChI is InChI=1S/C20H23N5O/c1-21-20(22-14-16-7-6-10-19(13-16)26-2)23-15-17-11-12-25(24-17)18-8-4-3-5-9-18/h3-13H,14-15H2,1-2H3,(H2,21,22,23). The number of nitrogens with one attached hydrogen (secondary N) is 2. The monoisotopic (exact) mass is 349 g/mol. The van der Waals surface area contributed by atoms with Crippen molar-refractivity contribution in [1.29, 1.82) is 0 Å². The largest absolute Gasteiger partial charge is 0.497 e. The Balaban J connectivity index is 1.53. The molecule has 6 heteroatoms. The van der Waals surface area contributed by atoms with E-state index in [0.717, 1.165) is 28.7 Å². The van der Waals surface area contributed by atoms with Crippen LogP contribution in [0.1, 0.15) is 11.3 Å². The summed E-state index contributed by atoms with van der Waals surface area (Å²) in [5.74, 6) is 1.57. The van der Waals surface area contributed by atoms with Crippen LogP contribution in [0.2, 0.25) is 0 Å². The summed E-state index contributed by atoms with van der Waals surface area (Å²) in [6.07, 6.45) is 1.96. The van der Waals surface area contributed by atoms with Crippen LogP contribution in [0.3, 0.4) is 0 Å². The van der Waals surface area contributed by atoms with E-state index in [0.29, 0.717) is 13.1 Å². The molecular formula is C20H23N5O. The van der Waals surface area contributed by atoms with E-state index in [1.54, 1.807) is 14.2 Å². The van der Waals surface area contributed by atoms with Gasteiger partial charge in [0, 0.05) is 19.8 Å². The summed E-state index contributed by atoms with van der Waals surface area (Å²) in [4.78, 5) is 4.25. The van der Waals surface area contributed by atoms with Gasteiger partial charge in [-0.3, -0.25) is 4.99 Å². The first-order valence-electron chi connectivity index (χ1n) is 8.46. The SMILES string of the molecule is CN=C(NCc1cccc(OC)c1)NCc1ccn(-c2ccccc2)n1. The summed E-state index contributed by atoms with van der Waals surface area (Å²) >= 11 is 0. The third-order valence-electron chi connectivity index (χ3n) is 3.92. The Hall–Kier alpha value is -3.28. The van der Waals surface area contributed by atoms with Crippen LogP contribution in [0, 0.1) is 0 Å². The molecule has 1 heterocycles. The minimum atomic E-state index is 0.595. The van der Waals surface area contributed by atoms with Crippen molar-refractivity contribution in [3.05, 3.63) is 78.1 Å². The molecule has 2 aromatic carbocycles. The van der Waals surface area contributed by atoms with Gasteiger partial charge in [0.1, 0.15) is 5.75 Å². The summed E-state index contributed by atoms with van der Waals surface area (Å²) in [6.45, 7) is 1.26. The van der Waals surface area contributed by atoms with Crippen LogP contribution in [-0.2, 0) is 13.1 Å². The summed E-state index contributed by atoms with van der Waals surface area (Å²) in [5, 5.41) is 11.2. The number of benzene rings is 2. The van der Waals surface area contributed by atoms with E-state index in [4.69, 9.17) is 4.74 Å². The smallest absolute Gasteiger partial charge is 0.191 e. The number of nitrogens with zero attached hydrogens (tertiary/aromatic N) is 3. The Morgan fingerprint density at radius 3 is 2.62 bits per heavy atom. The molecule has 3 aromatic rings. The molecule has 0 saturated heterocycles. The second kappa shape index (κ2) is 8.71. The minimum Gasteiger partial charge on any atom is -0.497 e. The maximum Gasteiger partial charge on any atom is 0.191 e. The number of ether oxygens (including phenoxy) is 1. The third-order valence-corrected chi connectivity index (χ3v) is 3.92. The molecule has 0 fully saturated rings. The Labute approximate surface area is 153 Å². The molecule has 0 spiro atoms. The van der Waals surface area contributed by atoms with E-state index in [-0.39, 0.29) is 0 Å². The summed E-state index contributed by atoms with van der Waals surface area (Å²) in [7, 11) is 3.42. The zero-order valence-corrected chi connectivity index (χ0v) is 15.0. The highest BCUT2D eigenvalue weighted by Gasteiger charge is 2.03. The number of methoxy groups -OCH3 is 1. The molecule has 134 valence electrons. The van der Waals surface area contributed by atoms with Gasteiger partial charge in [-0.25, -0.2) is 4.68 Å². The molecule has 0 bridgehead atoms. The Kier molecular flexibility index (Phi) is 5.88. The van der Waals surface area contributed by atoms with E-state index in [2.05, 4.69) is 20.7 Å². The lowest BCUT2D eigenvalue weighted by atomic mass is 10.2. The maximum atomic E-state index is 5.25. The average molecular weight is 349 g/mol. The molecule has 0 aliphatic rings. The number of guanidine groups is 1. The zero-order chi connectivity index (χ0) is 18.2. The van der Waals surface area contributed by atoms with Crippen LogP contribution in [0.5, 0.6) is 5.75 Å². The van der Waals surface area contributed by atoms with Crippen LogP contribution in [-0.4, -0.2) is 29.9 Å². The van der Waals surface area contributed by atoms with Crippen LogP contribution >= 0.6 is 0 Å². The second-order valence-electron chi connectivity index (χ2n) is 5.72. The van der Waals surface area contributed by atoms with Crippen LogP contribution in [0.4, 0.5) is 0 Å². The fourth-order valence-corrected chi connectivity index (χ4v) is 2.54. The van der Waals surface area contributed by atoms with E-state index in [1.807, 2.05) is 71.5 Å². The molecule has 0 aliphatic heterocycles. The highest BCUT2D eigenvalue weighted by atomic mass is 16.5. The second-order valence-corrected chi connectivity index (χ2v) is 5.72. The first-order valence-corrected chi connectivity index (χ1v) is 8.46. The van der Waals surface area contributed by atoms with E-state index in [1.165, 1.54) is 0 Å². The van der Waals surface area contributed by atoms with Gasteiger partial charge >= 0.3 is 0 Å². The quantitative estimate of drug-likeness (QED) is 0.531. The van der Waals surface area contributed by atoms with Gasteiger partial charge in [0.2, 0.25) is 0 Å². The topological polar surface area (TPSA) is 63.5 Å². The summed E-state index contributed by atoms with van der Waals surface area (Å²) in [6, 6.07) is 20.0. The average Bonchev–Trinajstić information content (AvgIpc) is 3.18. The normalized spacial score (nSPS) is 11.2. The molecule has 0 unspecified atom stereocenters. The lowest BCUT2D eigenvalue weighted by molar-refractivity contribution is 0.414. The van der Waals surface area contributed by atoms with Gasteiger partial charge in [0.05, 0.1) is 25.0 Å². The summed E-state index contributed by atoms with van der Waals surface area (Å²) in [5.41, 5.74) is 3.11. The van der Waals surface area contributed by atoms with Crippen molar-refractivity contribution in [3.8, 4) is 11.4 Å². The van der Waals surface area contributed by atoms with Crippen molar-refractivity contribution >= 4 is 5.96 Å². The van der Waals surface area contributed by atoms with Crippen molar-refractivity contribution in [2.24, 2.45) is 4.99 Å². The predicted octanol–water partition coefficient (Wildman–Crippen LogP) is 2.75. The number of aromatic nitrogens is 2. The van der Waals surface area contributed by atoms with Gasteiger partial charge in [-0.2, -0.15) is 5.10 Å². The molecular weight excluding hydrogens is 326 g/mol. The number of hydrogen-bond donors (Lipinski definition) is 2. The molecule has 1 aromatic heterocycles. The van der Waals surface area contributed by atoms with Gasteiger partial charge in [0.25, 0.3) is 0 Å². The van der Waals surface area contributed by atoms with Crippen molar-refractivity contribution in [2.45, 2.75) is 13.1 Å². The van der Waals surface area contributed by atoms with E-state index < -0.39 is 0 Å². The Morgan fingerprint density at radius 1 is 1.04 bits per heavy atom. The fourth-order valence-electron chi connectivity index (χ4n) is 2.54.